The number of carbonyl (C=O) groups excluding carboxylic acids is 2. The number of urea groups is 1. The molecule has 0 aliphatic carbocycles. The van der Waals surface area contributed by atoms with Crippen LogP contribution in [0.4, 0.5) is 9.18 Å². The Balaban J connectivity index is 1.75. The summed E-state index contributed by atoms with van der Waals surface area (Å²) in [4.78, 5) is 26.4. The van der Waals surface area contributed by atoms with Gasteiger partial charge in [0.1, 0.15) is 12.2 Å². The summed E-state index contributed by atoms with van der Waals surface area (Å²) >= 11 is 0. The Kier molecular flexibility index (Phi) is 5.68. The van der Waals surface area contributed by atoms with Gasteiger partial charge in [0.25, 0.3) is 5.91 Å². The van der Waals surface area contributed by atoms with Crippen LogP contribution in [0.5, 0.6) is 0 Å². The number of nitrogens with zero attached hydrogens (tertiary/aromatic N) is 1. The topological polar surface area (TPSA) is 61.4 Å². The highest BCUT2D eigenvalue weighted by atomic mass is 19.1. The van der Waals surface area contributed by atoms with E-state index in [-0.39, 0.29) is 18.4 Å². The van der Waals surface area contributed by atoms with Crippen molar-refractivity contribution in [1.82, 2.24) is 15.5 Å². The monoisotopic (exact) mass is 347 g/mol. The molecule has 3 amide bonds. The van der Waals surface area contributed by atoms with E-state index in [1.54, 1.807) is 0 Å². The lowest BCUT2D eigenvalue weighted by molar-refractivity contribution is -0.134. The largest absolute Gasteiger partial charge is 0.325 e. The zero-order valence-corrected chi connectivity index (χ0v) is 14.5. The predicted molar refractivity (Wildman–Crippen MR) is 93.9 cm³/mol. The molecule has 2 saturated heterocycles. The molecule has 1 aromatic rings. The molecule has 2 N–H and O–H groups in total. The van der Waals surface area contributed by atoms with Gasteiger partial charge in [0.05, 0.1) is 6.54 Å². The third-order valence-corrected chi connectivity index (χ3v) is 5.43. The molecule has 5 nitrogen and oxygen atoms in total. The number of hydrogen-bond acceptors (Lipinski definition) is 3. The summed E-state index contributed by atoms with van der Waals surface area (Å²) in [7, 11) is 0. The number of piperidine rings is 1. The maximum Gasteiger partial charge on any atom is 0.325 e. The fourth-order valence-electron chi connectivity index (χ4n) is 4.11. The van der Waals surface area contributed by atoms with E-state index in [1.165, 1.54) is 5.56 Å². The van der Waals surface area contributed by atoms with Gasteiger partial charge >= 0.3 is 6.03 Å². The van der Waals surface area contributed by atoms with Crippen molar-refractivity contribution in [3.05, 3.63) is 35.9 Å². The quantitative estimate of drug-likeness (QED) is 0.744. The minimum absolute atomic E-state index is 0.102. The second-order valence-corrected chi connectivity index (χ2v) is 6.91. The number of halogens is 1. The Morgan fingerprint density at radius 1 is 1.16 bits per heavy atom. The van der Waals surface area contributed by atoms with Crippen LogP contribution >= 0.6 is 0 Å². The Bertz CT molecular complexity index is 604. The van der Waals surface area contributed by atoms with E-state index in [2.05, 4.69) is 22.8 Å². The first kappa shape index (κ1) is 17.9. The predicted octanol–water partition coefficient (Wildman–Crippen LogP) is 2.27. The van der Waals surface area contributed by atoms with E-state index >= 15 is 0 Å². The van der Waals surface area contributed by atoms with Gasteiger partial charge in [-0.3, -0.25) is 9.69 Å². The van der Waals surface area contributed by atoms with Crippen LogP contribution in [-0.2, 0) is 11.2 Å². The second-order valence-electron chi connectivity index (χ2n) is 6.91. The van der Waals surface area contributed by atoms with Crippen molar-refractivity contribution in [1.29, 1.82) is 0 Å². The standard InChI is InChI=1S/C19H26FN3O2/c20-11-14-23-17(24)19(22-18(23)25,16-8-12-21-13-9-16)10-4-7-15-5-2-1-3-6-15/h1-3,5-6,16,21H,4,7-14H2,(H,22,25). The Hall–Kier alpha value is -1.95. The molecule has 2 heterocycles. The SMILES string of the molecule is O=C1NC(CCCc2ccccc2)(C2CCNCC2)C(=O)N1CCF. The molecular formula is C19H26FN3O2. The summed E-state index contributed by atoms with van der Waals surface area (Å²) < 4.78 is 12.8. The average molecular weight is 347 g/mol. The number of hydrogen-bond donors (Lipinski definition) is 2. The van der Waals surface area contributed by atoms with Crippen LogP contribution in [-0.4, -0.2) is 48.7 Å². The van der Waals surface area contributed by atoms with Crippen LogP contribution < -0.4 is 10.6 Å². The van der Waals surface area contributed by atoms with Crippen molar-refractivity contribution in [3.8, 4) is 0 Å². The maximum atomic E-state index is 13.0. The van der Waals surface area contributed by atoms with Crippen LogP contribution in [0, 0.1) is 5.92 Å². The molecule has 2 fully saturated rings. The summed E-state index contributed by atoms with van der Waals surface area (Å²) in [5.41, 5.74) is 0.351. The third-order valence-electron chi connectivity index (χ3n) is 5.43. The molecule has 0 spiro atoms. The normalized spacial score (nSPS) is 24.6. The fraction of sp³-hybridized carbons (Fsp3) is 0.579. The van der Waals surface area contributed by atoms with Crippen LogP contribution in [0.25, 0.3) is 0 Å². The van der Waals surface area contributed by atoms with Crippen LogP contribution in [0.3, 0.4) is 0 Å². The molecule has 2 aliphatic rings. The number of imide groups is 1. The average Bonchev–Trinajstić information content (AvgIpc) is 2.89. The Labute approximate surface area is 148 Å². The van der Waals surface area contributed by atoms with Crippen LogP contribution in [0.15, 0.2) is 30.3 Å². The molecule has 0 bridgehead atoms. The van der Waals surface area contributed by atoms with Gasteiger partial charge in [0.2, 0.25) is 0 Å². The molecule has 0 saturated carbocycles. The Morgan fingerprint density at radius 3 is 2.56 bits per heavy atom. The highest BCUT2D eigenvalue weighted by Crippen LogP contribution is 2.36. The zero-order chi connectivity index (χ0) is 17.7. The molecule has 0 radical (unpaired) electrons. The van der Waals surface area contributed by atoms with E-state index in [9.17, 15) is 14.0 Å². The maximum absolute atomic E-state index is 13.0. The molecular weight excluding hydrogens is 321 g/mol. The molecule has 0 aromatic heterocycles. The summed E-state index contributed by atoms with van der Waals surface area (Å²) in [5, 5.41) is 6.25. The highest BCUT2D eigenvalue weighted by molar-refractivity contribution is 6.07. The zero-order valence-electron chi connectivity index (χ0n) is 14.5. The van der Waals surface area contributed by atoms with Crippen LogP contribution in [0.2, 0.25) is 0 Å². The van der Waals surface area contributed by atoms with E-state index in [0.29, 0.717) is 6.42 Å². The Morgan fingerprint density at radius 2 is 1.88 bits per heavy atom. The van der Waals surface area contributed by atoms with Crippen molar-refractivity contribution < 1.29 is 14.0 Å². The highest BCUT2D eigenvalue weighted by Gasteiger charge is 2.54. The first-order chi connectivity index (χ1) is 12.2. The van der Waals surface area contributed by atoms with Gasteiger partial charge in [0.15, 0.2) is 0 Å². The van der Waals surface area contributed by atoms with Gasteiger partial charge in [-0.05, 0) is 56.7 Å². The lowest BCUT2D eigenvalue weighted by Crippen LogP contribution is -2.55. The van der Waals surface area contributed by atoms with Crippen molar-refractivity contribution >= 4 is 11.9 Å². The summed E-state index contributed by atoms with van der Waals surface area (Å²) in [6.07, 6.45) is 3.96. The van der Waals surface area contributed by atoms with Gasteiger partial charge in [-0.2, -0.15) is 0 Å². The summed E-state index contributed by atoms with van der Waals surface area (Å²) in [6.45, 7) is 0.830. The van der Waals surface area contributed by atoms with E-state index < -0.39 is 18.2 Å². The van der Waals surface area contributed by atoms with Crippen molar-refractivity contribution in [2.24, 2.45) is 5.92 Å². The molecule has 1 aromatic carbocycles. The third kappa shape index (κ3) is 3.68. The van der Waals surface area contributed by atoms with E-state index in [0.717, 1.165) is 43.7 Å². The number of aryl methyl sites for hydroxylation is 1. The van der Waals surface area contributed by atoms with Crippen molar-refractivity contribution in [2.75, 3.05) is 26.3 Å². The number of carbonyl (C=O) groups is 2. The van der Waals surface area contributed by atoms with E-state index in [4.69, 9.17) is 0 Å². The second kappa shape index (κ2) is 7.95. The van der Waals surface area contributed by atoms with Gasteiger partial charge in [-0.25, -0.2) is 9.18 Å². The van der Waals surface area contributed by atoms with Gasteiger partial charge in [-0.15, -0.1) is 0 Å². The molecule has 136 valence electrons. The van der Waals surface area contributed by atoms with Gasteiger partial charge in [-0.1, -0.05) is 30.3 Å². The lowest BCUT2D eigenvalue weighted by atomic mass is 9.74. The number of alkyl halides is 1. The minimum Gasteiger partial charge on any atom is -0.323 e. The first-order valence-corrected chi connectivity index (χ1v) is 9.12. The molecule has 1 atom stereocenters. The van der Waals surface area contributed by atoms with Crippen LogP contribution in [0.1, 0.15) is 31.2 Å². The number of benzene rings is 1. The smallest absolute Gasteiger partial charge is 0.323 e. The first-order valence-electron chi connectivity index (χ1n) is 9.12. The lowest BCUT2D eigenvalue weighted by Gasteiger charge is -2.38. The molecule has 3 rings (SSSR count). The van der Waals surface area contributed by atoms with Gasteiger partial charge in [0, 0.05) is 0 Å². The number of nitrogens with one attached hydrogen (secondary N) is 2. The minimum atomic E-state index is -0.872. The molecule has 1 unspecified atom stereocenters. The molecule has 2 aliphatic heterocycles. The number of rotatable bonds is 7. The van der Waals surface area contributed by atoms with Gasteiger partial charge < -0.3 is 10.6 Å². The van der Waals surface area contributed by atoms with Crippen molar-refractivity contribution in [2.45, 2.75) is 37.6 Å². The molecule has 6 heteroatoms. The van der Waals surface area contributed by atoms with E-state index in [1.807, 2.05) is 18.2 Å². The summed E-state index contributed by atoms with van der Waals surface area (Å²) in [5.74, 6) is -0.138. The molecule has 25 heavy (non-hydrogen) atoms. The fourth-order valence-corrected chi connectivity index (χ4v) is 4.11. The number of amides is 3. The summed E-state index contributed by atoms with van der Waals surface area (Å²) in [6, 6.07) is 9.69. The van der Waals surface area contributed by atoms with Crippen molar-refractivity contribution in [3.63, 3.8) is 0 Å².